The minimum atomic E-state index is -0.739. The second-order valence-electron chi connectivity index (χ2n) is 5.36. The van der Waals surface area contributed by atoms with Crippen molar-refractivity contribution in [2.24, 2.45) is 0 Å². The number of hydrogen-bond donors (Lipinski definition) is 1. The summed E-state index contributed by atoms with van der Waals surface area (Å²) in [6.45, 7) is 4.60. The molecule has 5 heteroatoms. The third-order valence-corrected chi connectivity index (χ3v) is 2.56. The first-order chi connectivity index (χ1) is 8.94. The van der Waals surface area contributed by atoms with E-state index in [9.17, 15) is 5.11 Å². The SMILES string of the molecule is CN(Cc1nc(-c2ccccc2)no1)CC(C)(C)O. The third kappa shape index (κ3) is 4.15. The van der Waals surface area contributed by atoms with Crippen molar-refractivity contribution in [3.8, 4) is 11.4 Å². The van der Waals surface area contributed by atoms with Gasteiger partial charge in [-0.25, -0.2) is 0 Å². The van der Waals surface area contributed by atoms with Crippen molar-refractivity contribution in [3.63, 3.8) is 0 Å². The lowest BCUT2D eigenvalue weighted by Gasteiger charge is -2.23. The highest BCUT2D eigenvalue weighted by molar-refractivity contribution is 5.53. The molecular formula is C14H19N3O2. The molecule has 0 unspecified atom stereocenters. The van der Waals surface area contributed by atoms with Crippen molar-refractivity contribution in [3.05, 3.63) is 36.2 Å². The number of aromatic nitrogens is 2. The zero-order valence-corrected chi connectivity index (χ0v) is 11.5. The van der Waals surface area contributed by atoms with E-state index in [0.717, 1.165) is 5.56 Å². The van der Waals surface area contributed by atoms with E-state index in [-0.39, 0.29) is 0 Å². The largest absolute Gasteiger partial charge is 0.389 e. The molecule has 102 valence electrons. The number of rotatable bonds is 5. The Kier molecular flexibility index (Phi) is 3.97. The quantitative estimate of drug-likeness (QED) is 0.891. The number of hydrogen-bond acceptors (Lipinski definition) is 5. The summed E-state index contributed by atoms with van der Waals surface area (Å²) in [5, 5.41) is 13.7. The van der Waals surface area contributed by atoms with Gasteiger partial charge in [0.1, 0.15) is 0 Å². The lowest BCUT2D eigenvalue weighted by atomic mass is 10.1. The van der Waals surface area contributed by atoms with Crippen LogP contribution in [-0.2, 0) is 6.54 Å². The monoisotopic (exact) mass is 261 g/mol. The van der Waals surface area contributed by atoms with Crippen LogP contribution in [0.2, 0.25) is 0 Å². The van der Waals surface area contributed by atoms with Crippen LogP contribution in [0.1, 0.15) is 19.7 Å². The summed E-state index contributed by atoms with van der Waals surface area (Å²) in [5.74, 6) is 1.14. The first-order valence-electron chi connectivity index (χ1n) is 6.23. The van der Waals surface area contributed by atoms with Gasteiger partial charge in [0.05, 0.1) is 12.1 Å². The van der Waals surface area contributed by atoms with Crippen LogP contribution >= 0.6 is 0 Å². The predicted octanol–water partition coefficient (Wildman–Crippen LogP) is 1.94. The molecule has 0 spiro atoms. The molecule has 0 radical (unpaired) electrons. The summed E-state index contributed by atoms with van der Waals surface area (Å²) in [4.78, 5) is 6.30. The van der Waals surface area contributed by atoms with Gasteiger partial charge in [0.25, 0.3) is 0 Å². The molecule has 0 bridgehead atoms. The fourth-order valence-electron chi connectivity index (χ4n) is 1.97. The zero-order chi connectivity index (χ0) is 13.9. The molecular weight excluding hydrogens is 242 g/mol. The molecule has 1 aromatic heterocycles. The molecule has 0 saturated heterocycles. The van der Waals surface area contributed by atoms with E-state index in [1.54, 1.807) is 13.8 Å². The molecule has 0 saturated carbocycles. The highest BCUT2D eigenvalue weighted by atomic mass is 16.5. The van der Waals surface area contributed by atoms with Gasteiger partial charge in [-0.1, -0.05) is 35.5 Å². The minimum Gasteiger partial charge on any atom is -0.389 e. The Hall–Kier alpha value is -1.72. The molecule has 0 atom stereocenters. The summed E-state index contributed by atoms with van der Waals surface area (Å²) in [5.41, 5.74) is 0.194. The van der Waals surface area contributed by atoms with Crippen molar-refractivity contribution in [1.29, 1.82) is 0 Å². The van der Waals surface area contributed by atoms with Crippen LogP contribution in [0.4, 0.5) is 0 Å². The van der Waals surface area contributed by atoms with Gasteiger partial charge in [-0.05, 0) is 20.9 Å². The molecule has 2 rings (SSSR count). The number of aliphatic hydroxyl groups is 1. The predicted molar refractivity (Wildman–Crippen MR) is 72.4 cm³/mol. The van der Waals surface area contributed by atoms with Gasteiger partial charge < -0.3 is 9.63 Å². The van der Waals surface area contributed by atoms with Gasteiger partial charge in [0, 0.05) is 12.1 Å². The molecule has 0 aliphatic heterocycles. The lowest BCUT2D eigenvalue weighted by molar-refractivity contribution is 0.0397. The second-order valence-corrected chi connectivity index (χ2v) is 5.36. The van der Waals surface area contributed by atoms with E-state index in [1.807, 2.05) is 42.3 Å². The van der Waals surface area contributed by atoms with Crippen LogP contribution in [0.15, 0.2) is 34.9 Å². The summed E-state index contributed by atoms with van der Waals surface area (Å²) >= 11 is 0. The number of likely N-dealkylation sites (N-methyl/N-ethyl adjacent to an activating group) is 1. The Labute approximate surface area is 112 Å². The molecule has 1 aromatic carbocycles. The van der Waals surface area contributed by atoms with Crippen molar-refractivity contribution in [2.75, 3.05) is 13.6 Å². The normalized spacial score (nSPS) is 12.1. The van der Waals surface area contributed by atoms with Crippen LogP contribution < -0.4 is 0 Å². The molecule has 1 N–H and O–H groups in total. The van der Waals surface area contributed by atoms with Gasteiger partial charge in [0.2, 0.25) is 11.7 Å². The Morgan fingerprint density at radius 2 is 1.95 bits per heavy atom. The topological polar surface area (TPSA) is 62.4 Å². The van der Waals surface area contributed by atoms with Crippen molar-refractivity contribution < 1.29 is 9.63 Å². The fraction of sp³-hybridized carbons (Fsp3) is 0.429. The van der Waals surface area contributed by atoms with Crippen LogP contribution in [0, 0.1) is 0 Å². The number of nitrogens with zero attached hydrogens (tertiary/aromatic N) is 3. The molecule has 2 aromatic rings. The van der Waals surface area contributed by atoms with Gasteiger partial charge >= 0.3 is 0 Å². The summed E-state index contributed by atoms with van der Waals surface area (Å²) in [6.07, 6.45) is 0. The maximum Gasteiger partial charge on any atom is 0.241 e. The molecule has 19 heavy (non-hydrogen) atoms. The van der Waals surface area contributed by atoms with Crippen LogP contribution in [-0.4, -0.2) is 39.3 Å². The standard InChI is InChI=1S/C14H19N3O2/c1-14(2,18)10-17(3)9-12-15-13(16-19-12)11-7-5-4-6-8-11/h4-8,18H,9-10H2,1-3H3. The first-order valence-corrected chi connectivity index (χ1v) is 6.23. The van der Waals surface area contributed by atoms with Crippen molar-refractivity contribution in [2.45, 2.75) is 26.0 Å². The smallest absolute Gasteiger partial charge is 0.241 e. The van der Waals surface area contributed by atoms with E-state index < -0.39 is 5.60 Å². The Bertz CT molecular complexity index is 517. The van der Waals surface area contributed by atoms with Crippen LogP contribution in [0.3, 0.4) is 0 Å². The zero-order valence-electron chi connectivity index (χ0n) is 11.5. The minimum absolute atomic E-state index is 0.518. The highest BCUT2D eigenvalue weighted by Gasteiger charge is 2.17. The molecule has 1 heterocycles. The average molecular weight is 261 g/mol. The van der Waals surface area contributed by atoms with Gasteiger partial charge in [-0.3, -0.25) is 4.90 Å². The lowest BCUT2D eigenvalue weighted by Crippen LogP contribution is -2.35. The number of benzene rings is 1. The Morgan fingerprint density at radius 3 is 2.58 bits per heavy atom. The van der Waals surface area contributed by atoms with Crippen LogP contribution in [0.25, 0.3) is 11.4 Å². The molecule has 0 aliphatic rings. The van der Waals surface area contributed by atoms with E-state index in [4.69, 9.17) is 4.52 Å². The third-order valence-electron chi connectivity index (χ3n) is 2.56. The van der Waals surface area contributed by atoms with E-state index in [0.29, 0.717) is 24.8 Å². The Balaban J connectivity index is 2.02. The Morgan fingerprint density at radius 1 is 1.26 bits per heavy atom. The maximum absolute atomic E-state index is 9.74. The molecule has 5 nitrogen and oxygen atoms in total. The first kappa shape index (κ1) is 13.7. The van der Waals surface area contributed by atoms with E-state index in [1.165, 1.54) is 0 Å². The second kappa shape index (κ2) is 5.50. The molecule has 0 aliphatic carbocycles. The highest BCUT2D eigenvalue weighted by Crippen LogP contribution is 2.15. The van der Waals surface area contributed by atoms with E-state index in [2.05, 4.69) is 10.1 Å². The van der Waals surface area contributed by atoms with Gasteiger partial charge in [-0.15, -0.1) is 0 Å². The van der Waals surface area contributed by atoms with Crippen molar-refractivity contribution >= 4 is 0 Å². The van der Waals surface area contributed by atoms with E-state index >= 15 is 0 Å². The van der Waals surface area contributed by atoms with Gasteiger partial charge in [-0.2, -0.15) is 4.98 Å². The average Bonchev–Trinajstić information content (AvgIpc) is 2.76. The summed E-state index contributed by atoms with van der Waals surface area (Å²) < 4.78 is 5.22. The van der Waals surface area contributed by atoms with Crippen LogP contribution in [0.5, 0.6) is 0 Å². The molecule has 0 fully saturated rings. The van der Waals surface area contributed by atoms with Crippen molar-refractivity contribution in [1.82, 2.24) is 15.0 Å². The molecule has 0 amide bonds. The summed E-state index contributed by atoms with van der Waals surface area (Å²) in [6, 6.07) is 9.70. The maximum atomic E-state index is 9.74. The summed E-state index contributed by atoms with van der Waals surface area (Å²) in [7, 11) is 1.91. The van der Waals surface area contributed by atoms with Gasteiger partial charge in [0.15, 0.2) is 0 Å². The fourth-order valence-corrected chi connectivity index (χ4v) is 1.97.